The van der Waals surface area contributed by atoms with Crippen molar-refractivity contribution in [1.82, 2.24) is 19.7 Å². The minimum Gasteiger partial charge on any atom is -0.444 e. The Kier molecular flexibility index (Phi) is 7.76. The standard InChI is InChI=1S/C29H38N6O3/c1-19-9-8-12-30-27(19)32-25-15-20(2)35(21(3)36)26-11-10-22(16-24(25)26)23-17-31-34(18-23)14-13-33(7)28(37)38-29(4,5)6/h8-12,16-18,20,25H,13-15H2,1-7H3,(H,30,32)/t20-,25+/m0/s1. The summed E-state index contributed by atoms with van der Waals surface area (Å²) in [5.41, 5.74) is 4.49. The third-order valence-electron chi connectivity index (χ3n) is 6.68. The molecule has 38 heavy (non-hydrogen) atoms. The number of anilines is 2. The molecule has 9 heteroatoms. The van der Waals surface area contributed by atoms with Crippen LogP contribution in [0.3, 0.4) is 0 Å². The lowest BCUT2D eigenvalue weighted by molar-refractivity contribution is -0.117. The van der Waals surface area contributed by atoms with Crippen molar-refractivity contribution in [1.29, 1.82) is 0 Å². The van der Waals surface area contributed by atoms with Crippen molar-refractivity contribution < 1.29 is 14.3 Å². The summed E-state index contributed by atoms with van der Waals surface area (Å²) in [7, 11) is 1.72. The van der Waals surface area contributed by atoms with Crippen molar-refractivity contribution in [2.75, 3.05) is 23.8 Å². The molecule has 202 valence electrons. The van der Waals surface area contributed by atoms with Crippen LogP contribution in [-0.2, 0) is 16.1 Å². The molecule has 0 aliphatic carbocycles. The third-order valence-corrected chi connectivity index (χ3v) is 6.68. The van der Waals surface area contributed by atoms with Crippen molar-refractivity contribution in [3.05, 3.63) is 60.0 Å². The molecule has 0 saturated heterocycles. The number of carbonyl (C=O) groups is 2. The molecule has 2 atom stereocenters. The summed E-state index contributed by atoms with van der Waals surface area (Å²) in [6.07, 6.45) is 6.00. The van der Waals surface area contributed by atoms with Crippen molar-refractivity contribution in [3.63, 3.8) is 0 Å². The Morgan fingerprint density at radius 2 is 1.97 bits per heavy atom. The first kappa shape index (κ1) is 27.2. The van der Waals surface area contributed by atoms with E-state index in [1.54, 1.807) is 25.1 Å². The van der Waals surface area contributed by atoms with Gasteiger partial charge in [-0.1, -0.05) is 12.1 Å². The van der Waals surface area contributed by atoms with Gasteiger partial charge in [0.15, 0.2) is 0 Å². The molecule has 1 aliphatic rings. The number of aromatic nitrogens is 3. The molecule has 1 aromatic carbocycles. The van der Waals surface area contributed by atoms with Gasteiger partial charge in [-0.25, -0.2) is 9.78 Å². The Morgan fingerprint density at radius 1 is 1.21 bits per heavy atom. The van der Waals surface area contributed by atoms with E-state index in [9.17, 15) is 9.59 Å². The van der Waals surface area contributed by atoms with Crippen molar-refractivity contribution >= 4 is 23.5 Å². The number of carbonyl (C=O) groups excluding carboxylic acids is 2. The number of nitrogens with zero attached hydrogens (tertiary/aromatic N) is 5. The lowest BCUT2D eigenvalue weighted by Gasteiger charge is -2.39. The fraction of sp³-hybridized carbons (Fsp3) is 0.448. The maximum atomic E-state index is 12.5. The molecular weight excluding hydrogens is 480 g/mol. The zero-order chi connectivity index (χ0) is 27.6. The van der Waals surface area contributed by atoms with Crippen LogP contribution in [0, 0.1) is 6.92 Å². The summed E-state index contributed by atoms with van der Waals surface area (Å²) in [5.74, 6) is 0.875. The number of aryl methyl sites for hydroxylation is 1. The average Bonchev–Trinajstić information content (AvgIpc) is 3.31. The zero-order valence-corrected chi connectivity index (χ0v) is 23.4. The molecule has 3 heterocycles. The second-order valence-corrected chi connectivity index (χ2v) is 11.0. The zero-order valence-electron chi connectivity index (χ0n) is 23.4. The van der Waals surface area contributed by atoms with Crippen LogP contribution in [0.25, 0.3) is 11.1 Å². The predicted molar refractivity (Wildman–Crippen MR) is 149 cm³/mol. The average molecular weight is 519 g/mol. The highest BCUT2D eigenvalue weighted by Crippen LogP contribution is 2.41. The molecular formula is C29H38N6O3. The molecule has 1 N–H and O–H groups in total. The highest BCUT2D eigenvalue weighted by molar-refractivity contribution is 5.94. The van der Waals surface area contributed by atoms with Gasteiger partial charge in [0, 0.05) is 50.2 Å². The van der Waals surface area contributed by atoms with Gasteiger partial charge in [0.05, 0.1) is 18.8 Å². The van der Waals surface area contributed by atoms with Gasteiger partial charge in [-0.3, -0.25) is 9.48 Å². The van der Waals surface area contributed by atoms with E-state index in [4.69, 9.17) is 4.74 Å². The van der Waals surface area contributed by atoms with E-state index < -0.39 is 5.60 Å². The molecule has 1 aliphatic heterocycles. The lowest BCUT2D eigenvalue weighted by Crippen LogP contribution is -2.43. The van der Waals surface area contributed by atoms with Gasteiger partial charge in [-0.2, -0.15) is 5.10 Å². The van der Waals surface area contributed by atoms with Gasteiger partial charge in [0.1, 0.15) is 11.4 Å². The molecule has 2 aromatic heterocycles. The van der Waals surface area contributed by atoms with Crippen LogP contribution >= 0.6 is 0 Å². The Morgan fingerprint density at radius 3 is 2.66 bits per heavy atom. The molecule has 4 rings (SSSR count). The Balaban J connectivity index is 1.57. The van der Waals surface area contributed by atoms with Gasteiger partial charge >= 0.3 is 6.09 Å². The summed E-state index contributed by atoms with van der Waals surface area (Å²) in [4.78, 5) is 32.8. The SMILES string of the molecule is CC(=O)N1c2ccc(-c3cnn(CCN(C)C(=O)OC(C)(C)C)c3)cc2[C@H](Nc2ncccc2C)C[C@@H]1C. The molecule has 0 spiro atoms. The number of nitrogens with one attached hydrogen (secondary N) is 1. The fourth-order valence-corrected chi connectivity index (χ4v) is 4.78. The number of hydrogen-bond acceptors (Lipinski definition) is 6. The number of pyridine rings is 1. The maximum absolute atomic E-state index is 12.5. The highest BCUT2D eigenvalue weighted by atomic mass is 16.6. The van der Waals surface area contributed by atoms with E-state index in [2.05, 4.69) is 28.4 Å². The van der Waals surface area contributed by atoms with Crippen LogP contribution < -0.4 is 10.2 Å². The molecule has 2 amide bonds. The molecule has 0 radical (unpaired) electrons. The van der Waals surface area contributed by atoms with Crippen LogP contribution in [-0.4, -0.2) is 56.9 Å². The van der Waals surface area contributed by atoms with Crippen molar-refractivity contribution in [2.45, 2.75) is 72.2 Å². The van der Waals surface area contributed by atoms with Gasteiger partial charge in [0.25, 0.3) is 0 Å². The molecule has 9 nitrogen and oxygen atoms in total. The fourth-order valence-electron chi connectivity index (χ4n) is 4.78. The topological polar surface area (TPSA) is 92.6 Å². The monoisotopic (exact) mass is 518 g/mol. The summed E-state index contributed by atoms with van der Waals surface area (Å²) in [5, 5.41) is 8.13. The number of likely N-dealkylation sites (N-methyl/N-ethyl adjacent to an activating group) is 1. The van der Waals surface area contributed by atoms with Crippen molar-refractivity contribution in [3.8, 4) is 11.1 Å². The van der Waals surface area contributed by atoms with Gasteiger partial charge < -0.3 is 19.9 Å². The minimum absolute atomic E-state index is 0.00155. The van der Waals surface area contributed by atoms with Gasteiger partial charge in [0.2, 0.25) is 5.91 Å². The summed E-state index contributed by atoms with van der Waals surface area (Å²) in [6.45, 7) is 12.3. The minimum atomic E-state index is -0.533. The normalized spacial score (nSPS) is 17.1. The summed E-state index contributed by atoms with van der Waals surface area (Å²) < 4.78 is 7.25. The number of amides is 2. The Hall–Kier alpha value is -3.88. The summed E-state index contributed by atoms with van der Waals surface area (Å²) >= 11 is 0. The van der Waals surface area contributed by atoms with Gasteiger partial charge in [-0.15, -0.1) is 0 Å². The second-order valence-electron chi connectivity index (χ2n) is 11.0. The predicted octanol–water partition coefficient (Wildman–Crippen LogP) is 5.42. The summed E-state index contributed by atoms with van der Waals surface area (Å²) in [6, 6.07) is 10.2. The number of benzene rings is 1. The van der Waals surface area contributed by atoms with E-state index in [1.807, 2.05) is 73.9 Å². The van der Waals surface area contributed by atoms with Crippen LogP contribution in [0.15, 0.2) is 48.9 Å². The first-order valence-corrected chi connectivity index (χ1v) is 13.0. The van der Waals surface area contributed by atoms with Crippen LogP contribution in [0.5, 0.6) is 0 Å². The quantitative estimate of drug-likeness (QED) is 0.469. The van der Waals surface area contributed by atoms with Gasteiger partial charge in [-0.05, 0) is 75.9 Å². The van der Waals surface area contributed by atoms with E-state index in [-0.39, 0.29) is 24.1 Å². The highest BCUT2D eigenvalue weighted by Gasteiger charge is 2.33. The maximum Gasteiger partial charge on any atom is 0.410 e. The number of rotatable bonds is 6. The van der Waals surface area contributed by atoms with E-state index in [0.29, 0.717) is 13.1 Å². The molecule has 0 fully saturated rings. The van der Waals surface area contributed by atoms with E-state index in [0.717, 1.165) is 40.2 Å². The third kappa shape index (κ3) is 6.15. The molecule has 0 bridgehead atoms. The number of ether oxygens (including phenoxy) is 1. The number of hydrogen-bond donors (Lipinski definition) is 1. The lowest BCUT2D eigenvalue weighted by atomic mass is 9.89. The van der Waals surface area contributed by atoms with Crippen molar-refractivity contribution in [2.24, 2.45) is 0 Å². The molecule has 0 unspecified atom stereocenters. The second kappa shape index (κ2) is 10.8. The largest absolute Gasteiger partial charge is 0.444 e. The van der Waals surface area contributed by atoms with Crippen LogP contribution in [0.1, 0.15) is 58.2 Å². The van der Waals surface area contributed by atoms with E-state index in [1.165, 1.54) is 0 Å². The first-order chi connectivity index (χ1) is 17.9. The van der Waals surface area contributed by atoms with E-state index >= 15 is 0 Å². The molecule has 3 aromatic rings. The Labute approximate surface area is 224 Å². The first-order valence-electron chi connectivity index (χ1n) is 13.0. The van der Waals surface area contributed by atoms with Crippen LogP contribution in [0.2, 0.25) is 0 Å². The van der Waals surface area contributed by atoms with Crippen LogP contribution in [0.4, 0.5) is 16.3 Å². The molecule has 0 saturated carbocycles. The Bertz CT molecular complexity index is 1310. The smallest absolute Gasteiger partial charge is 0.410 e. The number of fused-ring (bicyclic) bond motifs is 1.